The van der Waals surface area contributed by atoms with Crippen LogP contribution in [0, 0.1) is 0 Å². The summed E-state index contributed by atoms with van der Waals surface area (Å²) in [6, 6.07) is 0. The highest BCUT2D eigenvalue weighted by Gasteiger charge is 2.01. The molecule has 0 heterocycles. The molecule has 0 saturated carbocycles. The van der Waals surface area contributed by atoms with Gasteiger partial charge in [-0.05, 0) is 19.4 Å². The van der Waals surface area contributed by atoms with Gasteiger partial charge in [0.05, 0.1) is 6.17 Å². The van der Waals surface area contributed by atoms with E-state index in [-0.39, 0.29) is 6.17 Å². The van der Waals surface area contributed by atoms with E-state index in [0.29, 0.717) is 0 Å². The summed E-state index contributed by atoms with van der Waals surface area (Å²) in [6.07, 6.45) is 38.3. The third-order valence-corrected chi connectivity index (χ3v) is 7.31. The third-order valence-electron chi connectivity index (χ3n) is 7.31. The van der Waals surface area contributed by atoms with Crippen LogP contribution in [0.4, 0.5) is 0 Å². The van der Waals surface area contributed by atoms with Crippen molar-refractivity contribution in [3.8, 4) is 0 Å². The largest absolute Gasteiger partial charge is 0.316 e. The molecule has 1 atom stereocenters. The van der Waals surface area contributed by atoms with E-state index in [1.807, 2.05) is 0 Å². The monoisotopic (exact) mass is 467 g/mol. The highest BCUT2D eigenvalue weighted by molar-refractivity contribution is 4.60. The number of hydrogen-bond acceptors (Lipinski definition) is 2. The highest BCUT2D eigenvalue weighted by Crippen LogP contribution is 2.14. The van der Waals surface area contributed by atoms with Gasteiger partial charge in [0.15, 0.2) is 0 Å². The molecular weight excluding hydrogens is 400 g/mol. The van der Waals surface area contributed by atoms with Crippen molar-refractivity contribution in [1.82, 2.24) is 5.32 Å². The van der Waals surface area contributed by atoms with Gasteiger partial charge in [0.1, 0.15) is 0 Å². The third kappa shape index (κ3) is 29.9. The second kappa shape index (κ2) is 30.0. The molecule has 0 aromatic rings. The van der Waals surface area contributed by atoms with Crippen molar-refractivity contribution in [2.45, 2.75) is 193 Å². The Morgan fingerprint density at radius 3 is 1.00 bits per heavy atom. The van der Waals surface area contributed by atoms with E-state index < -0.39 is 0 Å². The molecule has 0 spiro atoms. The Morgan fingerprint density at radius 2 is 0.667 bits per heavy atom. The van der Waals surface area contributed by atoms with Crippen molar-refractivity contribution in [2.24, 2.45) is 5.73 Å². The molecule has 1 unspecified atom stereocenters. The van der Waals surface area contributed by atoms with Gasteiger partial charge in [-0.1, -0.05) is 174 Å². The van der Waals surface area contributed by atoms with Crippen LogP contribution in [0.3, 0.4) is 0 Å². The van der Waals surface area contributed by atoms with Gasteiger partial charge in [0.2, 0.25) is 0 Å². The Bertz CT molecular complexity index is 331. The average molecular weight is 467 g/mol. The minimum atomic E-state index is 0.218. The zero-order valence-corrected chi connectivity index (χ0v) is 23.5. The molecule has 0 aromatic carbocycles. The minimum absolute atomic E-state index is 0.218. The normalized spacial score (nSPS) is 12.5. The van der Waals surface area contributed by atoms with E-state index in [2.05, 4.69) is 19.2 Å². The summed E-state index contributed by atoms with van der Waals surface area (Å²) in [6.45, 7) is 5.70. The molecule has 0 amide bonds. The van der Waals surface area contributed by atoms with E-state index in [1.165, 1.54) is 167 Å². The van der Waals surface area contributed by atoms with Crippen molar-refractivity contribution in [3.63, 3.8) is 0 Å². The first-order valence-electron chi connectivity index (χ1n) is 15.8. The van der Waals surface area contributed by atoms with Crippen LogP contribution in [0.15, 0.2) is 0 Å². The molecule has 0 bridgehead atoms. The van der Waals surface area contributed by atoms with Gasteiger partial charge >= 0.3 is 0 Å². The van der Waals surface area contributed by atoms with Crippen LogP contribution in [0.25, 0.3) is 0 Å². The molecule has 0 aliphatic heterocycles. The van der Waals surface area contributed by atoms with Crippen LogP contribution < -0.4 is 11.1 Å². The van der Waals surface area contributed by atoms with E-state index in [0.717, 1.165) is 13.0 Å². The van der Waals surface area contributed by atoms with Crippen LogP contribution >= 0.6 is 0 Å². The summed E-state index contributed by atoms with van der Waals surface area (Å²) < 4.78 is 0. The number of rotatable bonds is 29. The van der Waals surface area contributed by atoms with Crippen LogP contribution in [-0.4, -0.2) is 12.7 Å². The average Bonchev–Trinajstić information content (AvgIpc) is 2.82. The van der Waals surface area contributed by atoms with Gasteiger partial charge in [-0.2, -0.15) is 0 Å². The topological polar surface area (TPSA) is 38.0 Å². The number of hydrogen-bond donors (Lipinski definition) is 2. The lowest BCUT2D eigenvalue weighted by Crippen LogP contribution is -2.37. The first kappa shape index (κ1) is 32.9. The van der Waals surface area contributed by atoms with Gasteiger partial charge in [-0.25, -0.2) is 0 Å². The van der Waals surface area contributed by atoms with Crippen molar-refractivity contribution < 1.29 is 0 Å². The maximum Gasteiger partial charge on any atom is 0.0546 e. The Balaban J connectivity index is 3.13. The summed E-state index contributed by atoms with van der Waals surface area (Å²) in [5.41, 5.74) is 6.25. The molecule has 2 heteroatoms. The van der Waals surface area contributed by atoms with Gasteiger partial charge < -0.3 is 11.1 Å². The van der Waals surface area contributed by atoms with Crippen molar-refractivity contribution >= 4 is 0 Å². The molecule has 200 valence electrons. The summed E-state index contributed by atoms with van der Waals surface area (Å²) >= 11 is 0. The second-order valence-electron chi connectivity index (χ2n) is 10.8. The fraction of sp³-hybridized carbons (Fsp3) is 1.00. The Hall–Kier alpha value is -0.0800. The molecule has 0 aliphatic rings. The smallest absolute Gasteiger partial charge is 0.0546 e. The highest BCUT2D eigenvalue weighted by atomic mass is 15.0. The number of nitrogens with one attached hydrogen (secondary N) is 1. The van der Waals surface area contributed by atoms with Crippen LogP contribution in [-0.2, 0) is 0 Å². The molecule has 0 radical (unpaired) electrons. The predicted octanol–water partition coefficient (Wildman–Crippen LogP) is 10.4. The van der Waals surface area contributed by atoms with E-state index in [9.17, 15) is 0 Å². The molecule has 0 saturated heterocycles. The molecule has 2 nitrogen and oxygen atoms in total. The minimum Gasteiger partial charge on any atom is -0.316 e. The quantitative estimate of drug-likeness (QED) is 0.0849. The van der Waals surface area contributed by atoms with E-state index in [1.54, 1.807) is 0 Å². The summed E-state index contributed by atoms with van der Waals surface area (Å²) in [7, 11) is 0. The lowest BCUT2D eigenvalue weighted by molar-refractivity contribution is 0.449. The molecule has 0 aromatic heterocycles. The van der Waals surface area contributed by atoms with E-state index in [4.69, 9.17) is 5.73 Å². The van der Waals surface area contributed by atoms with Crippen LogP contribution in [0.1, 0.15) is 187 Å². The van der Waals surface area contributed by atoms with Crippen molar-refractivity contribution in [2.75, 3.05) is 6.54 Å². The zero-order chi connectivity index (χ0) is 24.1. The molecule has 0 rings (SSSR count). The summed E-state index contributed by atoms with van der Waals surface area (Å²) in [4.78, 5) is 0. The van der Waals surface area contributed by atoms with Gasteiger partial charge in [-0.15, -0.1) is 0 Å². The summed E-state index contributed by atoms with van der Waals surface area (Å²) in [5, 5.41) is 3.54. The molecule has 0 aliphatic carbocycles. The van der Waals surface area contributed by atoms with Crippen molar-refractivity contribution in [1.29, 1.82) is 0 Å². The lowest BCUT2D eigenvalue weighted by Gasteiger charge is -2.13. The Labute approximate surface area is 211 Å². The maximum absolute atomic E-state index is 6.25. The predicted molar refractivity (Wildman–Crippen MR) is 152 cm³/mol. The fourth-order valence-corrected chi connectivity index (χ4v) is 4.91. The second-order valence-corrected chi connectivity index (χ2v) is 10.8. The molecule has 33 heavy (non-hydrogen) atoms. The number of unbranched alkanes of at least 4 members (excludes halogenated alkanes) is 24. The van der Waals surface area contributed by atoms with Crippen molar-refractivity contribution in [3.05, 3.63) is 0 Å². The molecule has 0 fully saturated rings. The zero-order valence-electron chi connectivity index (χ0n) is 23.5. The van der Waals surface area contributed by atoms with Crippen LogP contribution in [0.5, 0.6) is 0 Å². The fourth-order valence-electron chi connectivity index (χ4n) is 4.91. The summed E-state index contributed by atoms with van der Waals surface area (Å²) in [5.74, 6) is 0. The first-order chi connectivity index (χ1) is 16.3. The SMILES string of the molecule is CCCCCCCCCCCCCCCNC(N)CCCCCCCCCCCCCCC. The number of nitrogens with two attached hydrogens (primary N) is 1. The van der Waals surface area contributed by atoms with Gasteiger partial charge in [0.25, 0.3) is 0 Å². The van der Waals surface area contributed by atoms with Gasteiger partial charge in [-0.3, -0.25) is 0 Å². The first-order valence-corrected chi connectivity index (χ1v) is 15.8. The maximum atomic E-state index is 6.25. The molecule has 3 N–H and O–H groups in total. The lowest BCUT2D eigenvalue weighted by atomic mass is 10.0. The standard InChI is InChI=1S/C31H66N2/c1-3-5-7-9-11-13-15-17-19-21-23-25-27-29-31(32)33-30-28-26-24-22-20-18-16-14-12-10-8-6-4-2/h31,33H,3-30,32H2,1-2H3. The Morgan fingerprint density at radius 1 is 0.394 bits per heavy atom. The molecular formula is C31H66N2. The van der Waals surface area contributed by atoms with Gasteiger partial charge in [0, 0.05) is 0 Å². The van der Waals surface area contributed by atoms with E-state index >= 15 is 0 Å². The van der Waals surface area contributed by atoms with Crippen LogP contribution in [0.2, 0.25) is 0 Å². The Kier molecular flexibility index (Phi) is 29.9.